The van der Waals surface area contributed by atoms with E-state index in [0.717, 1.165) is 16.8 Å². The first-order chi connectivity index (χ1) is 11.2. The van der Waals surface area contributed by atoms with Crippen LogP contribution in [0.2, 0.25) is 0 Å². The number of nitrogens with zero attached hydrogens (tertiary/aromatic N) is 1. The summed E-state index contributed by atoms with van der Waals surface area (Å²) < 4.78 is 16.9. The van der Waals surface area contributed by atoms with Crippen molar-refractivity contribution in [3.63, 3.8) is 0 Å². The normalized spacial score (nSPS) is 14.3. The zero-order chi connectivity index (χ0) is 15.8. The van der Waals surface area contributed by atoms with E-state index in [9.17, 15) is 9.18 Å². The Morgan fingerprint density at radius 3 is 2.91 bits per heavy atom. The number of fused-ring (bicyclic) bond motifs is 1. The Morgan fingerprint density at radius 2 is 2.13 bits per heavy atom. The molecule has 1 amide bonds. The Labute approximate surface area is 137 Å². The fourth-order valence-corrected chi connectivity index (χ4v) is 3.65. The maximum Gasteiger partial charge on any atom is 0.268 e. The largest absolute Gasteiger partial charge is 0.347 e. The summed E-state index contributed by atoms with van der Waals surface area (Å²) in [7, 11) is 0. The smallest absolute Gasteiger partial charge is 0.268 e. The molecule has 1 aliphatic carbocycles. The van der Waals surface area contributed by atoms with Crippen LogP contribution in [0.25, 0.3) is 10.2 Å². The Kier molecular flexibility index (Phi) is 3.65. The molecule has 4 rings (SSSR count). The van der Waals surface area contributed by atoms with Gasteiger partial charge in [-0.3, -0.25) is 4.79 Å². The SMILES string of the molecule is O=C(NCc1ccccc1F)c1cc2sccc2n1CC1CC1. The molecule has 1 aromatic carbocycles. The van der Waals surface area contributed by atoms with Crippen molar-refractivity contribution in [3.8, 4) is 0 Å². The van der Waals surface area contributed by atoms with Gasteiger partial charge < -0.3 is 9.88 Å². The number of hydrogen-bond acceptors (Lipinski definition) is 2. The molecular weight excluding hydrogens is 311 g/mol. The minimum Gasteiger partial charge on any atom is -0.347 e. The number of carbonyl (C=O) groups excluding carboxylic acids is 1. The minimum atomic E-state index is -0.290. The highest BCUT2D eigenvalue weighted by atomic mass is 32.1. The molecule has 0 bridgehead atoms. The van der Waals surface area contributed by atoms with Crippen LogP contribution in [0.4, 0.5) is 4.39 Å². The lowest BCUT2D eigenvalue weighted by Gasteiger charge is -2.10. The van der Waals surface area contributed by atoms with Crippen molar-refractivity contribution in [2.24, 2.45) is 5.92 Å². The van der Waals surface area contributed by atoms with E-state index in [4.69, 9.17) is 0 Å². The highest BCUT2D eigenvalue weighted by Crippen LogP contribution is 2.34. The molecule has 3 nitrogen and oxygen atoms in total. The highest BCUT2D eigenvalue weighted by molar-refractivity contribution is 7.17. The molecule has 0 aliphatic heterocycles. The van der Waals surface area contributed by atoms with Gasteiger partial charge in [0.25, 0.3) is 5.91 Å². The fraction of sp³-hybridized carbons (Fsp3) is 0.278. The molecule has 0 spiro atoms. The third-order valence-electron chi connectivity index (χ3n) is 4.29. The van der Waals surface area contributed by atoms with Gasteiger partial charge in [-0.05, 0) is 42.3 Å². The average molecular weight is 328 g/mol. The molecule has 0 saturated heterocycles. The van der Waals surface area contributed by atoms with Gasteiger partial charge in [0.1, 0.15) is 11.5 Å². The molecule has 0 radical (unpaired) electrons. The molecule has 23 heavy (non-hydrogen) atoms. The number of aromatic nitrogens is 1. The highest BCUT2D eigenvalue weighted by Gasteiger charge is 2.25. The molecule has 1 aliphatic rings. The van der Waals surface area contributed by atoms with Crippen LogP contribution in [0.5, 0.6) is 0 Å². The number of amides is 1. The van der Waals surface area contributed by atoms with Gasteiger partial charge in [0.2, 0.25) is 0 Å². The van der Waals surface area contributed by atoms with E-state index in [1.165, 1.54) is 18.9 Å². The van der Waals surface area contributed by atoms with Gasteiger partial charge in [-0.25, -0.2) is 4.39 Å². The Hall–Kier alpha value is -2.14. The van der Waals surface area contributed by atoms with Crippen LogP contribution in [0.15, 0.2) is 41.8 Å². The van der Waals surface area contributed by atoms with Crippen molar-refractivity contribution in [1.82, 2.24) is 9.88 Å². The number of nitrogens with one attached hydrogen (secondary N) is 1. The minimum absolute atomic E-state index is 0.141. The molecule has 0 atom stereocenters. The Morgan fingerprint density at radius 1 is 1.30 bits per heavy atom. The van der Waals surface area contributed by atoms with Gasteiger partial charge in [-0.1, -0.05) is 18.2 Å². The van der Waals surface area contributed by atoms with Gasteiger partial charge in [-0.2, -0.15) is 0 Å². The summed E-state index contributed by atoms with van der Waals surface area (Å²) in [5.74, 6) is 0.253. The number of thiophene rings is 1. The molecular formula is C18H17FN2OS. The van der Waals surface area contributed by atoms with Crippen molar-refractivity contribution < 1.29 is 9.18 Å². The van der Waals surface area contributed by atoms with Gasteiger partial charge in [-0.15, -0.1) is 11.3 Å². The summed E-state index contributed by atoms with van der Waals surface area (Å²) in [5.41, 5.74) is 2.30. The molecule has 1 N–H and O–H groups in total. The second-order valence-corrected chi connectivity index (χ2v) is 6.98. The summed E-state index contributed by atoms with van der Waals surface area (Å²) in [4.78, 5) is 12.6. The maximum atomic E-state index is 13.7. The van der Waals surface area contributed by atoms with Gasteiger partial charge in [0, 0.05) is 18.7 Å². The number of hydrogen-bond donors (Lipinski definition) is 1. The second kappa shape index (κ2) is 5.81. The zero-order valence-electron chi connectivity index (χ0n) is 12.6. The van der Waals surface area contributed by atoms with Gasteiger partial charge in [0.05, 0.1) is 10.2 Å². The first-order valence-electron chi connectivity index (χ1n) is 7.80. The zero-order valence-corrected chi connectivity index (χ0v) is 13.4. The standard InChI is InChI=1S/C18H17FN2OS/c19-14-4-2-1-3-13(14)10-20-18(22)16-9-17-15(7-8-23-17)21(16)11-12-5-6-12/h1-4,7-9,12H,5-6,10-11H2,(H,20,22). The number of carbonyl (C=O) groups is 1. The summed E-state index contributed by atoms with van der Waals surface area (Å²) in [6.45, 7) is 1.09. The lowest BCUT2D eigenvalue weighted by atomic mass is 10.2. The topological polar surface area (TPSA) is 34.0 Å². The van der Waals surface area contributed by atoms with Crippen molar-refractivity contribution in [1.29, 1.82) is 0 Å². The van der Waals surface area contributed by atoms with Crippen molar-refractivity contribution in [3.05, 3.63) is 58.9 Å². The Bertz CT molecular complexity index is 863. The monoisotopic (exact) mass is 328 g/mol. The summed E-state index contributed by atoms with van der Waals surface area (Å²) in [6, 6.07) is 10.5. The third kappa shape index (κ3) is 2.88. The number of benzene rings is 1. The van der Waals surface area contributed by atoms with E-state index < -0.39 is 0 Å². The Balaban J connectivity index is 1.56. The number of rotatable bonds is 5. The lowest BCUT2D eigenvalue weighted by molar-refractivity contribution is 0.0941. The van der Waals surface area contributed by atoms with E-state index in [1.807, 2.05) is 6.07 Å². The predicted molar refractivity (Wildman–Crippen MR) is 90.1 cm³/mol. The fourth-order valence-electron chi connectivity index (χ4n) is 2.83. The summed E-state index contributed by atoms with van der Waals surface area (Å²) in [5, 5.41) is 4.90. The van der Waals surface area contributed by atoms with E-state index in [-0.39, 0.29) is 18.3 Å². The second-order valence-electron chi connectivity index (χ2n) is 6.03. The quantitative estimate of drug-likeness (QED) is 0.749. The third-order valence-corrected chi connectivity index (χ3v) is 5.14. The van der Waals surface area contributed by atoms with E-state index in [2.05, 4.69) is 21.3 Å². The first-order valence-corrected chi connectivity index (χ1v) is 8.68. The maximum absolute atomic E-state index is 13.7. The van der Waals surface area contributed by atoms with Crippen molar-refractivity contribution >= 4 is 27.5 Å². The molecule has 118 valence electrons. The lowest BCUT2D eigenvalue weighted by Crippen LogP contribution is -2.26. The molecule has 0 unspecified atom stereocenters. The van der Waals surface area contributed by atoms with Crippen LogP contribution in [0, 0.1) is 11.7 Å². The molecule has 1 saturated carbocycles. The molecule has 2 aromatic heterocycles. The van der Waals surface area contributed by atoms with Crippen LogP contribution in [-0.4, -0.2) is 10.5 Å². The van der Waals surface area contributed by atoms with Crippen LogP contribution < -0.4 is 5.32 Å². The van der Waals surface area contributed by atoms with E-state index >= 15 is 0 Å². The predicted octanol–water partition coefficient (Wildman–Crippen LogP) is 4.18. The van der Waals surface area contributed by atoms with E-state index in [1.54, 1.807) is 29.5 Å². The van der Waals surface area contributed by atoms with Crippen LogP contribution in [0.3, 0.4) is 0 Å². The molecule has 1 fully saturated rings. The van der Waals surface area contributed by atoms with Crippen molar-refractivity contribution in [2.45, 2.75) is 25.9 Å². The summed E-state index contributed by atoms with van der Waals surface area (Å²) in [6.07, 6.45) is 2.47. The van der Waals surface area contributed by atoms with Crippen LogP contribution >= 0.6 is 11.3 Å². The van der Waals surface area contributed by atoms with Gasteiger partial charge >= 0.3 is 0 Å². The first kappa shape index (κ1) is 14.5. The van der Waals surface area contributed by atoms with Crippen molar-refractivity contribution in [2.75, 3.05) is 0 Å². The van der Waals surface area contributed by atoms with Crippen LogP contribution in [-0.2, 0) is 13.1 Å². The average Bonchev–Trinajstić information content (AvgIpc) is 3.13. The molecule has 3 aromatic rings. The van der Waals surface area contributed by atoms with Gasteiger partial charge in [0.15, 0.2) is 0 Å². The molecule has 5 heteroatoms. The number of halogens is 1. The summed E-state index contributed by atoms with van der Waals surface area (Å²) >= 11 is 1.64. The van der Waals surface area contributed by atoms with E-state index in [0.29, 0.717) is 17.2 Å². The van der Waals surface area contributed by atoms with Crippen LogP contribution in [0.1, 0.15) is 28.9 Å². The molecule has 2 heterocycles.